The van der Waals surface area contributed by atoms with Crippen molar-refractivity contribution < 1.29 is 9.53 Å². The van der Waals surface area contributed by atoms with E-state index in [2.05, 4.69) is 27.4 Å². The highest BCUT2D eigenvalue weighted by molar-refractivity contribution is 7.20. The van der Waals surface area contributed by atoms with E-state index in [9.17, 15) is 4.79 Å². The highest BCUT2D eigenvalue weighted by Gasteiger charge is 2.17. The van der Waals surface area contributed by atoms with Gasteiger partial charge in [0.2, 0.25) is 0 Å². The third-order valence-electron chi connectivity index (χ3n) is 5.80. The molecule has 1 aliphatic heterocycles. The predicted molar refractivity (Wildman–Crippen MR) is 129 cm³/mol. The van der Waals surface area contributed by atoms with Crippen LogP contribution >= 0.6 is 11.3 Å². The Kier molecular flexibility index (Phi) is 6.03. The van der Waals surface area contributed by atoms with Gasteiger partial charge in [0.05, 0.1) is 29.5 Å². The summed E-state index contributed by atoms with van der Waals surface area (Å²) in [4.78, 5) is 17.0. The Hall–Kier alpha value is -3.00. The first kappa shape index (κ1) is 20.9. The molecule has 0 saturated carbocycles. The number of carbonyl (C=O) groups excluding carboxylic acids is 1. The molecule has 4 aromatic rings. The number of nitrogens with one attached hydrogen (secondary N) is 1. The molecule has 7 heteroatoms. The second-order valence-electron chi connectivity index (χ2n) is 8.02. The minimum atomic E-state index is -0.0914. The van der Waals surface area contributed by atoms with Gasteiger partial charge < -0.3 is 10.1 Å². The number of aryl methyl sites for hydroxylation is 1. The maximum atomic E-state index is 12.9. The van der Waals surface area contributed by atoms with Gasteiger partial charge in [0.15, 0.2) is 0 Å². The molecule has 2 aromatic heterocycles. The molecule has 1 N–H and O–H groups in total. The zero-order valence-electron chi connectivity index (χ0n) is 18.1. The molecular weight excluding hydrogens is 420 g/mol. The zero-order chi connectivity index (χ0) is 21.9. The van der Waals surface area contributed by atoms with Crippen LogP contribution in [0.3, 0.4) is 0 Å². The Labute approximate surface area is 191 Å². The standard InChI is InChI=1S/C25H26N4O2S/c1-18-22-17-23(32-25(22)29(27-18)21-5-3-2-4-6-21)24(30)26-20-9-7-19(8-10-20)11-12-28-13-15-31-16-14-28/h2-10,17H,11-16H2,1H3,(H,26,30). The van der Waals surface area contributed by atoms with Gasteiger partial charge in [0, 0.05) is 30.7 Å². The van der Waals surface area contributed by atoms with E-state index in [1.54, 1.807) is 0 Å². The van der Waals surface area contributed by atoms with Crippen LogP contribution in [0.15, 0.2) is 60.7 Å². The topological polar surface area (TPSA) is 59.4 Å². The number of amides is 1. The number of fused-ring (bicyclic) bond motifs is 1. The average Bonchev–Trinajstić information content (AvgIpc) is 3.41. The minimum Gasteiger partial charge on any atom is -0.379 e. The van der Waals surface area contributed by atoms with Crippen LogP contribution in [0.1, 0.15) is 20.9 Å². The molecule has 5 rings (SSSR count). The van der Waals surface area contributed by atoms with Crippen LogP contribution in [0.2, 0.25) is 0 Å². The molecule has 0 bridgehead atoms. The van der Waals surface area contributed by atoms with Crippen LogP contribution in [-0.2, 0) is 11.2 Å². The summed E-state index contributed by atoms with van der Waals surface area (Å²) < 4.78 is 7.32. The molecule has 32 heavy (non-hydrogen) atoms. The summed E-state index contributed by atoms with van der Waals surface area (Å²) in [6.45, 7) is 6.67. The first-order chi connectivity index (χ1) is 15.7. The zero-order valence-corrected chi connectivity index (χ0v) is 18.9. The highest BCUT2D eigenvalue weighted by Crippen LogP contribution is 2.30. The number of benzene rings is 2. The summed E-state index contributed by atoms with van der Waals surface area (Å²) in [6.07, 6.45) is 1.000. The normalized spacial score (nSPS) is 14.7. The number of hydrogen-bond acceptors (Lipinski definition) is 5. The van der Waals surface area contributed by atoms with Crippen molar-refractivity contribution in [3.05, 3.63) is 76.8 Å². The molecule has 0 radical (unpaired) electrons. The van der Waals surface area contributed by atoms with Crippen molar-refractivity contribution in [3.8, 4) is 5.69 Å². The minimum absolute atomic E-state index is 0.0914. The maximum Gasteiger partial charge on any atom is 0.265 e. The molecular formula is C25H26N4O2S. The predicted octanol–water partition coefficient (Wildman–Crippen LogP) is 4.52. The molecule has 0 aliphatic carbocycles. The highest BCUT2D eigenvalue weighted by atomic mass is 32.1. The second-order valence-corrected chi connectivity index (χ2v) is 9.05. The molecule has 0 spiro atoms. The molecule has 6 nitrogen and oxygen atoms in total. The number of rotatable bonds is 6. The van der Waals surface area contributed by atoms with Gasteiger partial charge in [0.1, 0.15) is 4.83 Å². The number of nitrogens with zero attached hydrogens (tertiary/aromatic N) is 3. The van der Waals surface area contributed by atoms with Crippen LogP contribution < -0.4 is 5.32 Å². The fourth-order valence-corrected chi connectivity index (χ4v) is 5.04. The number of aromatic nitrogens is 2. The molecule has 0 atom stereocenters. The summed E-state index contributed by atoms with van der Waals surface area (Å²) in [7, 11) is 0. The molecule has 1 saturated heterocycles. The molecule has 1 aliphatic rings. The lowest BCUT2D eigenvalue weighted by Crippen LogP contribution is -2.37. The number of ether oxygens (including phenoxy) is 1. The van der Waals surface area contributed by atoms with Gasteiger partial charge in [-0.25, -0.2) is 4.68 Å². The fraction of sp³-hybridized carbons (Fsp3) is 0.280. The number of thiophene rings is 1. The van der Waals surface area contributed by atoms with Crippen LogP contribution in [0.4, 0.5) is 5.69 Å². The van der Waals surface area contributed by atoms with Gasteiger partial charge in [-0.3, -0.25) is 9.69 Å². The number of morpholine rings is 1. The number of carbonyl (C=O) groups is 1. The lowest BCUT2D eigenvalue weighted by molar-refractivity contribution is 0.0384. The fourth-order valence-electron chi connectivity index (χ4n) is 3.96. The quantitative estimate of drug-likeness (QED) is 0.473. The van der Waals surface area contributed by atoms with Crippen LogP contribution in [-0.4, -0.2) is 53.4 Å². The Bertz CT molecular complexity index is 1210. The molecule has 2 aromatic carbocycles. The van der Waals surface area contributed by atoms with Gasteiger partial charge in [-0.15, -0.1) is 11.3 Å². The van der Waals surface area contributed by atoms with Gasteiger partial charge >= 0.3 is 0 Å². The summed E-state index contributed by atoms with van der Waals surface area (Å²) >= 11 is 1.47. The van der Waals surface area contributed by atoms with Crippen molar-refractivity contribution in [3.63, 3.8) is 0 Å². The van der Waals surface area contributed by atoms with Gasteiger partial charge in [-0.1, -0.05) is 30.3 Å². The van der Waals surface area contributed by atoms with Gasteiger partial charge in [-0.05, 0) is 49.2 Å². The first-order valence-electron chi connectivity index (χ1n) is 10.9. The van der Waals surface area contributed by atoms with Crippen molar-refractivity contribution in [2.24, 2.45) is 0 Å². The Balaban J connectivity index is 1.26. The molecule has 1 amide bonds. The lowest BCUT2D eigenvalue weighted by atomic mass is 10.1. The van der Waals surface area contributed by atoms with Crippen LogP contribution in [0.25, 0.3) is 15.9 Å². The van der Waals surface area contributed by atoms with E-state index in [-0.39, 0.29) is 5.91 Å². The Morgan fingerprint density at radius 3 is 2.59 bits per heavy atom. The van der Waals surface area contributed by atoms with Crippen molar-refractivity contribution in [2.75, 3.05) is 38.2 Å². The van der Waals surface area contributed by atoms with Crippen LogP contribution in [0, 0.1) is 6.92 Å². The van der Waals surface area contributed by atoms with E-state index in [0.717, 1.165) is 66.6 Å². The van der Waals surface area contributed by atoms with Crippen molar-refractivity contribution in [2.45, 2.75) is 13.3 Å². The summed E-state index contributed by atoms with van der Waals surface area (Å²) in [6, 6.07) is 20.1. The van der Waals surface area contributed by atoms with E-state index in [1.165, 1.54) is 16.9 Å². The Morgan fingerprint density at radius 2 is 1.84 bits per heavy atom. The molecule has 3 heterocycles. The van der Waals surface area contributed by atoms with Gasteiger partial charge in [0.25, 0.3) is 5.91 Å². The number of para-hydroxylation sites is 1. The SMILES string of the molecule is Cc1nn(-c2ccccc2)c2sc(C(=O)Nc3ccc(CCN4CCOCC4)cc3)cc12. The largest absolute Gasteiger partial charge is 0.379 e. The molecule has 1 fully saturated rings. The lowest BCUT2D eigenvalue weighted by Gasteiger charge is -2.26. The third-order valence-corrected chi connectivity index (χ3v) is 6.91. The first-order valence-corrected chi connectivity index (χ1v) is 11.7. The van der Waals surface area contributed by atoms with Crippen LogP contribution in [0.5, 0.6) is 0 Å². The Morgan fingerprint density at radius 1 is 1.09 bits per heavy atom. The molecule has 164 valence electrons. The average molecular weight is 447 g/mol. The smallest absolute Gasteiger partial charge is 0.265 e. The van der Waals surface area contributed by atoms with E-state index >= 15 is 0 Å². The van der Waals surface area contributed by atoms with Gasteiger partial charge in [-0.2, -0.15) is 5.10 Å². The summed E-state index contributed by atoms with van der Waals surface area (Å²) in [5.41, 5.74) is 4.00. The monoisotopic (exact) mass is 446 g/mol. The number of hydrogen-bond donors (Lipinski definition) is 1. The molecule has 0 unspecified atom stereocenters. The maximum absolute atomic E-state index is 12.9. The third kappa shape index (κ3) is 4.46. The van der Waals surface area contributed by atoms with Crippen molar-refractivity contribution in [1.82, 2.24) is 14.7 Å². The van der Waals surface area contributed by atoms with E-state index < -0.39 is 0 Å². The second kappa shape index (κ2) is 9.24. The van der Waals surface area contributed by atoms with Crippen molar-refractivity contribution in [1.29, 1.82) is 0 Å². The van der Waals surface area contributed by atoms with E-state index in [4.69, 9.17) is 4.74 Å². The number of anilines is 1. The summed E-state index contributed by atoms with van der Waals surface area (Å²) in [5.74, 6) is -0.0914. The summed E-state index contributed by atoms with van der Waals surface area (Å²) in [5, 5.41) is 8.70. The van der Waals surface area contributed by atoms with Crippen molar-refractivity contribution >= 4 is 33.1 Å². The van der Waals surface area contributed by atoms with E-state index in [0.29, 0.717) is 4.88 Å². The van der Waals surface area contributed by atoms with E-state index in [1.807, 2.05) is 60.1 Å².